The molecule has 0 bridgehead atoms. The third-order valence-electron chi connectivity index (χ3n) is 4.31. The van der Waals surface area contributed by atoms with Crippen molar-refractivity contribution in [3.8, 4) is 6.07 Å². The summed E-state index contributed by atoms with van der Waals surface area (Å²) in [7, 11) is 0. The number of carbonyl (C=O) groups excluding carboxylic acids is 1. The van der Waals surface area contributed by atoms with E-state index in [-0.39, 0.29) is 11.0 Å². The normalized spacial score (nSPS) is 12.0. The molecular formula is C21H27N5O. The first-order valence-corrected chi connectivity index (χ1v) is 9.09. The number of hydrogen-bond donors (Lipinski definition) is 1. The van der Waals surface area contributed by atoms with E-state index in [1.165, 1.54) is 0 Å². The second-order valence-electron chi connectivity index (χ2n) is 7.65. The van der Waals surface area contributed by atoms with Gasteiger partial charge >= 0.3 is 0 Å². The fourth-order valence-electron chi connectivity index (χ4n) is 2.82. The quantitative estimate of drug-likeness (QED) is 0.637. The molecule has 2 rings (SSSR count). The van der Waals surface area contributed by atoms with Crippen LogP contribution in [0.15, 0.2) is 24.0 Å². The largest absolute Gasteiger partial charge is 0.349 e. The molecule has 142 valence electrons. The summed E-state index contributed by atoms with van der Waals surface area (Å²) in [5.41, 5.74) is 3.39. The highest BCUT2D eigenvalue weighted by Crippen LogP contribution is 2.20. The number of carbonyl (C=O) groups is 1. The number of nitrogens with one attached hydrogen (secondary N) is 1. The first kappa shape index (κ1) is 20.4. The first-order chi connectivity index (χ1) is 12.7. The summed E-state index contributed by atoms with van der Waals surface area (Å²) in [5.74, 6) is 0.227. The molecule has 1 amide bonds. The van der Waals surface area contributed by atoms with Gasteiger partial charge in [-0.05, 0) is 38.0 Å². The van der Waals surface area contributed by atoms with Crippen LogP contribution in [-0.2, 0) is 16.8 Å². The zero-order chi connectivity index (χ0) is 20.2. The molecule has 2 aromatic rings. The summed E-state index contributed by atoms with van der Waals surface area (Å²) in [5, 5.41) is 12.1. The summed E-state index contributed by atoms with van der Waals surface area (Å²) in [6.45, 7) is 13.1. The molecule has 0 saturated carbocycles. The van der Waals surface area contributed by atoms with Crippen LogP contribution in [0.25, 0.3) is 6.08 Å². The number of hydrogen-bond acceptors (Lipinski definition) is 4. The Balaban J connectivity index is 2.23. The molecule has 2 aromatic heterocycles. The molecule has 0 aliphatic carbocycles. The second-order valence-corrected chi connectivity index (χ2v) is 7.65. The summed E-state index contributed by atoms with van der Waals surface area (Å²) in [6, 6.07) is 3.99. The number of aromatic nitrogens is 3. The van der Waals surface area contributed by atoms with Gasteiger partial charge < -0.3 is 9.88 Å². The maximum absolute atomic E-state index is 12.5. The van der Waals surface area contributed by atoms with E-state index in [0.29, 0.717) is 11.5 Å². The van der Waals surface area contributed by atoms with Crippen molar-refractivity contribution >= 4 is 17.7 Å². The molecule has 27 heavy (non-hydrogen) atoms. The lowest BCUT2D eigenvalue weighted by atomic mass is 9.96. The Bertz CT molecular complexity index is 892. The Morgan fingerprint density at radius 3 is 2.44 bits per heavy atom. The minimum absolute atomic E-state index is 0.0478. The van der Waals surface area contributed by atoms with Gasteiger partial charge in [-0.25, -0.2) is 9.97 Å². The van der Waals surface area contributed by atoms with Crippen molar-refractivity contribution in [2.75, 3.05) is 5.32 Å². The van der Waals surface area contributed by atoms with Crippen LogP contribution in [0.2, 0.25) is 0 Å². The van der Waals surface area contributed by atoms with Crippen LogP contribution in [0.4, 0.5) is 5.69 Å². The average molecular weight is 365 g/mol. The van der Waals surface area contributed by atoms with E-state index in [1.54, 1.807) is 18.5 Å². The summed E-state index contributed by atoms with van der Waals surface area (Å²) in [4.78, 5) is 21.1. The van der Waals surface area contributed by atoms with Gasteiger partial charge in [-0.2, -0.15) is 5.26 Å². The first-order valence-electron chi connectivity index (χ1n) is 9.09. The van der Waals surface area contributed by atoms with Gasteiger partial charge in [0.1, 0.15) is 17.5 Å². The topological polar surface area (TPSA) is 83.6 Å². The lowest BCUT2D eigenvalue weighted by molar-refractivity contribution is -0.112. The monoisotopic (exact) mass is 365 g/mol. The Morgan fingerprint density at radius 2 is 1.93 bits per heavy atom. The summed E-state index contributed by atoms with van der Waals surface area (Å²) < 4.78 is 2.19. The molecule has 1 N–H and O–H groups in total. The fraction of sp³-hybridized carbons (Fsp3) is 0.429. The molecule has 0 unspecified atom stereocenters. The van der Waals surface area contributed by atoms with Gasteiger partial charge in [-0.1, -0.05) is 27.7 Å². The molecule has 0 radical (unpaired) electrons. The minimum atomic E-state index is -0.468. The van der Waals surface area contributed by atoms with Crippen molar-refractivity contribution in [1.29, 1.82) is 5.26 Å². The fourth-order valence-corrected chi connectivity index (χ4v) is 2.82. The molecule has 0 aliphatic heterocycles. The summed E-state index contributed by atoms with van der Waals surface area (Å²) in [6.07, 6.45) is 5.78. The number of aryl methyl sites for hydroxylation is 1. The van der Waals surface area contributed by atoms with Crippen molar-refractivity contribution in [1.82, 2.24) is 14.5 Å². The molecule has 6 heteroatoms. The van der Waals surface area contributed by atoms with Crippen LogP contribution in [0.1, 0.15) is 56.9 Å². The van der Waals surface area contributed by atoms with Crippen molar-refractivity contribution in [3.63, 3.8) is 0 Å². The van der Waals surface area contributed by atoms with E-state index in [2.05, 4.69) is 26.8 Å². The van der Waals surface area contributed by atoms with Gasteiger partial charge in [-0.15, -0.1) is 0 Å². The van der Waals surface area contributed by atoms with Crippen molar-refractivity contribution < 1.29 is 4.79 Å². The van der Waals surface area contributed by atoms with Crippen molar-refractivity contribution in [2.24, 2.45) is 0 Å². The molecule has 0 aliphatic rings. The van der Waals surface area contributed by atoms with Crippen LogP contribution < -0.4 is 5.32 Å². The maximum Gasteiger partial charge on any atom is 0.266 e. The lowest BCUT2D eigenvalue weighted by Crippen LogP contribution is -2.18. The maximum atomic E-state index is 12.5. The highest BCUT2D eigenvalue weighted by atomic mass is 16.1. The third-order valence-corrected chi connectivity index (χ3v) is 4.31. The number of anilines is 1. The van der Waals surface area contributed by atoms with Gasteiger partial charge in [0.15, 0.2) is 0 Å². The summed E-state index contributed by atoms with van der Waals surface area (Å²) >= 11 is 0. The molecular weight excluding hydrogens is 338 g/mol. The lowest BCUT2D eigenvalue weighted by Gasteiger charge is -2.16. The van der Waals surface area contributed by atoms with Gasteiger partial charge in [-0.3, -0.25) is 4.79 Å². The zero-order valence-corrected chi connectivity index (χ0v) is 16.9. The van der Waals surface area contributed by atoms with E-state index >= 15 is 0 Å². The SMILES string of the molecule is CCCn1c(C)cc(C=C(C#N)C(=O)Nc2cnc(C(C)(C)C)nc2)c1C. The van der Waals surface area contributed by atoms with Gasteiger partial charge in [0.25, 0.3) is 5.91 Å². The Kier molecular flexibility index (Phi) is 6.17. The Morgan fingerprint density at radius 1 is 1.30 bits per heavy atom. The van der Waals surface area contributed by atoms with Crippen LogP contribution in [0.3, 0.4) is 0 Å². The predicted molar refractivity (Wildman–Crippen MR) is 107 cm³/mol. The molecule has 6 nitrogen and oxygen atoms in total. The minimum Gasteiger partial charge on any atom is -0.349 e. The number of amides is 1. The predicted octanol–water partition coefficient (Wildman–Crippen LogP) is 4.15. The van der Waals surface area contributed by atoms with Crippen LogP contribution in [0, 0.1) is 25.2 Å². The average Bonchev–Trinajstić information content (AvgIpc) is 2.87. The highest BCUT2D eigenvalue weighted by molar-refractivity contribution is 6.09. The van der Waals surface area contributed by atoms with E-state index in [4.69, 9.17) is 0 Å². The molecule has 0 fully saturated rings. The standard InChI is InChI=1S/C21H27N5O/c1-7-8-26-14(2)9-16(15(26)3)10-17(11-22)19(27)25-18-12-23-20(24-13-18)21(4,5)6/h9-10,12-13H,7-8H2,1-6H3,(H,25,27). The van der Waals surface area contributed by atoms with Gasteiger partial charge in [0.05, 0.1) is 18.1 Å². The number of nitriles is 1. The van der Waals surface area contributed by atoms with Gasteiger partial charge in [0, 0.05) is 23.3 Å². The number of nitrogens with zero attached hydrogens (tertiary/aromatic N) is 4. The number of rotatable bonds is 5. The van der Waals surface area contributed by atoms with Crippen LogP contribution >= 0.6 is 0 Å². The smallest absolute Gasteiger partial charge is 0.266 e. The van der Waals surface area contributed by atoms with Crippen molar-refractivity contribution in [3.05, 3.63) is 46.8 Å². The van der Waals surface area contributed by atoms with Crippen molar-refractivity contribution in [2.45, 2.75) is 59.9 Å². The van der Waals surface area contributed by atoms with E-state index in [1.807, 2.05) is 46.8 Å². The molecule has 0 aromatic carbocycles. The van der Waals surface area contributed by atoms with E-state index in [0.717, 1.165) is 29.9 Å². The third kappa shape index (κ3) is 4.82. The molecule has 0 atom stereocenters. The molecule has 0 spiro atoms. The molecule has 2 heterocycles. The van der Waals surface area contributed by atoms with Crippen LogP contribution in [-0.4, -0.2) is 20.4 Å². The second kappa shape index (κ2) is 8.17. The van der Waals surface area contributed by atoms with E-state index < -0.39 is 5.91 Å². The Labute approximate surface area is 161 Å². The van der Waals surface area contributed by atoms with E-state index in [9.17, 15) is 10.1 Å². The van der Waals surface area contributed by atoms with Crippen LogP contribution in [0.5, 0.6) is 0 Å². The molecule has 0 saturated heterocycles. The van der Waals surface area contributed by atoms with Gasteiger partial charge in [0.2, 0.25) is 0 Å². The Hall–Kier alpha value is -2.94. The zero-order valence-electron chi connectivity index (χ0n) is 16.9. The highest BCUT2D eigenvalue weighted by Gasteiger charge is 2.18.